The molecular weight excluding hydrogens is 707 g/mol. The molecule has 0 bridgehead atoms. The summed E-state index contributed by atoms with van der Waals surface area (Å²) in [5.74, 6) is 0.612. The van der Waals surface area contributed by atoms with Crippen molar-refractivity contribution in [3.8, 4) is 56.8 Å². The van der Waals surface area contributed by atoms with Crippen LogP contribution in [0.1, 0.15) is 5.56 Å². The van der Waals surface area contributed by atoms with Crippen molar-refractivity contribution in [2.24, 2.45) is 0 Å². The molecule has 0 saturated carbocycles. The van der Waals surface area contributed by atoms with Crippen LogP contribution >= 0.6 is 0 Å². The highest BCUT2D eigenvalue weighted by Crippen LogP contribution is 2.41. The molecule has 8 aromatic carbocycles. The normalized spacial score (nSPS) is 11.1. The Morgan fingerprint density at radius 1 is 0.397 bits per heavy atom. The van der Waals surface area contributed by atoms with E-state index in [-0.39, 0.29) is 0 Å². The van der Waals surface area contributed by atoms with Gasteiger partial charge in [-0.1, -0.05) is 133 Å². The molecule has 0 fully saturated rings. The summed E-state index contributed by atoms with van der Waals surface area (Å²) < 4.78 is 2.35. The molecule has 0 spiro atoms. The zero-order valence-electron chi connectivity index (χ0n) is 31.4. The first-order valence-electron chi connectivity index (χ1n) is 19.3. The summed E-state index contributed by atoms with van der Waals surface area (Å²) in [5.41, 5.74) is 13.3. The van der Waals surface area contributed by atoms with Gasteiger partial charge in [0.05, 0.1) is 34.1 Å². The van der Waals surface area contributed by atoms with Crippen LogP contribution in [0.2, 0.25) is 0 Å². The molecule has 272 valence electrons. The van der Waals surface area contributed by atoms with E-state index < -0.39 is 0 Å². The van der Waals surface area contributed by atoms with E-state index in [1.807, 2.05) is 66.7 Å². The molecule has 0 aliphatic heterocycles. The predicted octanol–water partition coefficient (Wildman–Crippen LogP) is 13.6. The smallest absolute Gasteiger partial charge is 0.160 e. The minimum absolute atomic E-state index is 0.599. The average molecular weight is 742 g/mol. The first kappa shape index (κ1) is 34.4. The van der Waals surface area contributed by atoms with E-state index >= 15 is 0 Å². The van der Waals surface area contributed by atoms with Crippen molar-refractivity contribution in [3.63, 3.8) is 0 Å². The van der Waals surface area contributed by atoms with E-state index in [1.54, 1.807) is 0 Å². The molecule has 5 heteroatoms. The predicted molar refractivity (Wildman–Crippen MR) is 238 cm³/mol. The van der Waals surface area contributed by atoms with E-state index in [2.05, 4.69) is 161 Å². The van der Waals surface area contributed by atoms with E-state index in [0.717, 1.165) is 83.8 Å². The van der Waals surface area contributed by atoms with Crippen molar-refractivity contribution in [2.75, 3.05) is 4.90 Å². The largest absolute Gasteiger partial charge is 0.310 e. The fraction of sp³-hybridized carbons (Fsp3) is 0. The molecule has 10 aromatic rings. The molecule has 0 atom stereocenters. The summed E-state index contributed by atoms with van der Waals surface area (Å²) in [5, 5.41) is 12.2. The first-order valence-corrected chi connectivity index (χ1v) is 19.3. The second kappa shape index (κ2) is 14.9. The van der Waals surface area contributed by atoms with Gasteiger partial charge in [0.25, 0.3) is 0 Å². The van der Waals surface area contributed by atoms with Crippen molar-refractivity contribution in [1.82, 2.24) is 14.5 Å². The number of nitrogens with zero attached hydrogens (tertiary/aromatic N) is 5. The van der Waals surface area contributed by atoms with Crippen LogP contribution in [0, 0.1) is 11.3 Å². The zero-order valence-corrected chi connectivity index (χ0v) is 31.4. The standard InChI is InChI=1S/C53H35N5/c54-36-37-16-15-21-40(30-37)41-31-42(53-55-49(38-17-5-1-6-18-38)35-50(56-53)39-19-7-2-8-20-39)33-46(32-41)58-51-27-14-13-26-47(51)48-29-28-45(34-52(48)58)57(43-22-9-3-10-23-43)44-24-11-4-12-25-44/h1-35H. The Kier molecular flexibility index (Phi) is 8.83. The lowest BCUT2D eigenvalue weighted by Crippen LogP contribution is -2.09. The molecule has 58 heavy (non-hydrogen) atoms. The number of nitriles is 1. The van der Waals surface area contributed by atoms with Gasteiger partial charge in [-0.3, -0.25) is 0 Å². The Morgan fingerprint density at radius 2 is 0.948 bits per heavy atom. The Morgan fingerprint density at radius 3 is 1.59 bits per heavy atom. The average Bonchev–Trinajstić information content (AvgIpc) is 3.64. The van der Waals surface area contributed by atoms with Gasteiger partial charge in [0.15, 0.2) is 5.82 Å². The van der Waals surface area contributed by atoms with E-state index in [1.165, 1.54) is 0 Å². The van der Waals surface area contributed by atoms with Gasteiger partial charge >= 0.3 is 0 Å². The third-order valence-electron chi connectivity index (χ3n) is 10.6. The summed E-state index contributed by atoms with van der Waals surface area (Å²) in [6.45, 7) is 0. The van der Waals surface area contributed by atoms with Gasteiger partial charge in [-0.2, -0.15) is 5.26 Å². The fourth-order valence-electron chi connectivity index (χ4n) is 7.87. The number of anilines is 3. The molecule has 0 unspecified atom stereocenters. The highest BCUT2D eigenvalue weighted by Gasteiger charge is 2.20. The lowest BCUT2D eigenvalue weighted by atomic mass is 9.99. The minimum atomic E-state index is 0.599. The molecule has 5 nitrogen and oxygen atoms in total. The number of hydrogen-bond acceptors (Lipinski definition) is 4. The maximum Gasteiger partial charge on any atom is 0.160 e. The molecule has 0 amide bonds. The number of fused-ring (bicyclic) bond motifs is 3. The van der Waals surface area contributed by atoms with Crippen molar-refractivity contribution in [3.05, 3.63) is 218 Å². The number of hydrogen-bond donors (Lipinski definition) is 0. The molecule has 0 aliphatic carbocycles. The molecule has 0 saturated heterocycles. The Labute approximate surface area is 337 Å². The van der Waals surface area contributed by atoms with Crippen molar-refractivity contribution >= 4 is 38.9 Å². The topological polar surface area (TPSA) is 57.7 Å². The van der Waals surface area contributed by atoms with Crippen LogP contribution < -0.4 is 4.90 Å². The molecule has 0 N–H and O–H groups in total. The number of para-hydroxylation sites is 3. The SMILES string of the molecule is N#Cc1cccc(-c2cc(-c3nc(-c4ccccc4)cc(-c4ccccc4)n3)cc(-n3c4ccccc4c4ccc(N(c5ccccc5)c5ccccc5)cc43)c2)c1. The second-order valence-corrected chi connectivity index (χ2v) is 14.2. The van der Waals surface area contributed by atoms with E-state index in [4.69, 9.17) is 9.97 Å². The first-order chi connectivity index (χ1) is 28.7. The lowest BCUT2D eigenvalue weighted by molar-refractivity contribution is 1.16. The maximum absolute atomic E-state index is 9.92. The highest BCUT2D eigenvalue weighted by atomic mass is 15.1. The number of aromatic nitrogens is 3. The third-order valence-corrected chi connectivity index (χ3v) is 10.6. The van der Waals surface area contributed by atoms with E-state index in [9.17, 15) is 5.26 Å². The molecule has 0 aliphatic rings. The van der Waals surface area contributed by atoms with Crippen LogP contribution in [-0.2, 0) is 0 Å². The monoisotopic (exact) mass is 741 g/mol. The highest BCUT2D eigenvalue weighted by molar-refractivity contribution is 6.10. The maximum atomic E-state index is 9.92. The summed E-state index contributed by atoms with van der Waals surface area (Å²) >= 11 is 0. The van der Waals surface area contributed by atoms with Gasteiger partial charge in [0, 0.05) is 50.2 Å². The molecule has 10 rings (SSSR count). The van der Waals surface area contributed by atoms with Crippen molar-refractivity contribution in [2.45, 2.75) is 0 Å². The summed E-state index contributed by atoms with van der Waals surface area (Å²) in [6.07, 6.45) is 0. The summed E-state index contributed by atoms with van der Waals surface area (Å²) in [4.78, 5) is 12.8. The quantitative estimate of drug-likeness (QED) is 0.156. The van der Waals surface area contributed by atoms with Gasteiger partial charge in [0.1, 0.15) is 0 Å². The van der Waals surface area contributed by atoms with Crippen LogP contribution in [0.3, 0.4) is 0 Å². The van der Waals surface area contributed by atoms with Gasteiger partial charge < -0.3 is 9.47 Å². The molecule has 0 radical (unpaired) electrons. The van der Waals surface area contributed by atoms with Crippen LogP contribution in [0.25, 0.3) is 72.5 Å². The second-order valence-electron chi connectivity index (χ2n) is 14.2. The van der Waals surface area contributed by atoms with Gasteiger partial charge in [-0.25, -0.2) is 9.97 Å². The van der Waals surface area contributed by atoms with Gasteiger partial charge in [-0.05, 0) is 90.0 Å². The van der Waals surface area contributed by atoms with Crippen LogP contribution in [0.4, 0.5) is 17.1 Å². The molecule has 2 heterocycles. The lowest BCUT2D eigenvalue weighted by Gasteiger charge is -2.25. The Balaban J connectivity index is 1.24. The van der Waals surface area contributed by atoms with Crippen molar-refractivity contribution in [1.29, 1.82) is 5.26 Å². The Hall–Kier alpha value is -8.07. The van der Waals surface area contributed by atoms with Crippen LogP contribution in [0.15, 0.2) is 212 Å². The zero-order chi connectivity index (χ0) is 38.8. The fourth-order valence-corrected chi connectivity index (χ4v) is 7.87. The molecule has 2 aromatic heterocycles. The van der Waals surface area contributed by atoms with E-state index in [0.29, 0.717) is 11.4 Å². The summed E-state index contributed by atoms with van der Waals surface area (Å²) in [6, 6.07) is 75.5. The third kappa shape index (κ3) is 6.45. The molecular formula is C53H35N5. The Bertz CT molecular complexity index is 3020. The number of benzene rings is 8. The van der Waals surface area contributed by atoms with Crippen LogP contribution in [-0.4, -0.2) is 14.5 Å². The summed E-state index contributed by atoms with van der Waals surface area (Å²) in [7, 11) is 0. The van der Waals surface area contributed by atoms with Crippen LogP contribution in [0.5, 0.6) is 0 Å². The number of rotatable bonds is 8. The van der Waals surface area contributed by atoms with Gasteiger partial charge in [-0.15, -0.1) is 0 Å². The van der Waals surface area contributed by atoms with Gasteiger partial charge in [0.2, 0.25) is 0 Å². The van der Waals surface area contributed by atoms with Crippen molar-refractivity contribution < 1.29 is 0 Å². The minimum Gasteiger partial charge on any atom is -0.310 e.